The van der Waals surface area contributed by atoms with E-state index in [0.29, 0.717) is 51.0 Å². The Labute approximate surface area is 520 Å². The average molecular weight is 1230 g/mol. The molecule has 4 aromatic carbocycles. The molecule has 0 saturated carbocycles. The third-order valence-electron chi connectivity index (χ3n) is 17.1. The Hall–Kier alpha value is -8.95. The molecule has 6 aromatic rings. The summed E-state index contributed by atoms with van der Waals surface area (Å²) in [5.41, 5.74) is 3.77. The molecule has 2 aromatic heterocycles. The molecule has 4 heterocycles. The van der Waals surface area contributed by atoms with E-state index in [1.807, 2.05) is 48.5 Å². The highest BCUT2D eigenvalue weighted by molar-refractivity contribution is 5.97. The molecule has 10 rings (SSSR count). The van der Waals surface area contributed by atoms with Gasteiger partial charge in [0.15, 0.2) is 17.2 Å². The number of ketones is 2. The van der Waals surface area contributed by atoms with E-state index in [1.54, 1.807) is 91.8 Å². The number of hydrogen-bond donors (Lipinski definition) is 5. The lowest BCUT2D eigenvalue weighted by atomic mass is 9.81. The molecule has 90 heavy (non-hydrogen) atoms. The molecule has 472 valence electrons. The summed E-state index contributed by atoms with van der Waals surface area (Å²) >= 11 is 0. The number of aromatic nitrogens is 2. The summed E-state index contributed by atoms with van der Waals surface area (Å²) in [6.07, 6.45) is -2.14. The third-order valence-corrected chi connectivity index (χ3v) is 17.1. The van der Waals surface area contributed by atoms with Crippen LogP contribution in [0.15, 0.2) is 95.8 Å². The fourth-order valence-electron chi connectivity index (χ4n) is 12.6. The van der Waals surface area contributed by atoms with Crippen LogP contribution in [0.1, 0.15) is 149 Å². The summed E-state index contributed by atoms with van der Waals surface area (Å²) in [5, 5.41) is 23.2. The molecule has 5 N–H and O–H groups in total. The average Bonchev–Trinajstić information content (AvgIpc) is 1.46. The number of halogens is 1. The van der Waals surface area contributed by atoms with Crippen LogP contribution in [0.2, 0.25) is 0 Å². The van der Waals surface area contributed by atoms with Gasteiger partial charge in [0, 0.05) is 53.7 Å². The van der Waals surface area contributed by atoms with Crippen LogP contribution in [-0.2, 0) is 84.1 Å². The molecule has 0 bridgehead atoms. The molecule has 2 aliphatic carbocycles. The number of carbonyl (C=O) groups excluding carboxylic acids is 8. The Morgan fingerprint density at radius 1 is 0.822 bits per heavy atom. The first-order chi connectivity index (χ1) is 42.7. The van der Waals surface area contributed by atoms with Crippen molar-refractivity contribution in [1.82, 2.24) is 30.8 Å². The molecule has 0 saturated heterocycles. The zero-order valence-electron chi connectivity index (χ0n) is 51.8. The number of cyclic esters (lactones) is 1. The van der Waals surface area contributed by atoms with Crippen LogP contribution in [0, 0.1) is 18.7 Å². The lowest BCUT2D eigenvalue weighted by Gasteiger charge is -2.32. The van der Waals surface area contributed by atoms with Gasteiger partial charge in [-0.1, -0.05) is 85.8 Å². The van der Waals surface area contributed by atoms with Gasteiger partial charge in [-0.25, -0.2) is 19.0 Å². The van der Waals surface area contributed by atoms with Crippen LogP contribution in [0.5, 0.6) is 0 Å². The Bertz CT molecular complexity index is 3900. The monoisotopic (exact) mass is 1230 g/mol. The maximum Gasteiger partial charge on any atom is 0.407 e. The van der Waals surface area contributed by atoms with Crippen LogP contribution < -0.4 is 26.8 Å². The van der Waals surface area contributed by atoms with Crippen molar-refractivity contribution in [2.45, 2.75) is 161 Å². The summed E-state index contributed by atoms with van der Waals surface area (Å²) in [6.45, 7) is 12.4. The maximum atomic E-state index is 15.8. The molecule has 5 atom stereocenters. The van der Waals surface area contributed by atoms with E-state index in [9.17, 15) is 48.3 Å². The number of aryl methyl sites for hydroxylation is 1. The quantitative estimate of drug-likeness (QED) is 0.0319. The van der Waals surface area contributed by atoms with Crippen LogP contribution in [0.25, 0.3) is 33.4 Å². The van der Waals surface area contributed by atoms with Crippen molar-refractivity contribution in [1.29, 1.82) is 0 Å². The van der Waals surface area contributed by atoms with Gasteiger partial charge in [0.1, 0.15) is 36.7 Å². The summed E-state index contributed by atoms with van der Waals surface area (Å²) in [4.78, 5) is 129. The second kappa shape index (κ2) is 25.9. The number of nitrogens with one attached hydrogen (secondary N) is 4. The molecule has 0 fully saturated rings. The number of fused-ring (bicyclic) bond motifs is 8. The molecule has 0 spiro atoms. The van der Waals surface area contributed by atoms with E-state index >= 15 is 4.39 Å². The number of carbonyl (C=O) groups is 8. The number of ether oxygens (including phenoxy) is 4. The second-order valence-electron chi connectivity index (χ2n) is 25.6. The first-order valence-corrected chi connectivity index (χ1v) is 30.5. The van der Waals surface area contributed by atoms with Gasteiger partial charge in [-0.05, 0) is 125 Å². The van der Waals surface area contributed by atoms with Crippen LogP contribution in [-0.4, -0.2) is 105 Å². The number of Topliss-reactive ketones (excluding diaryl/α,β-unsaturated/α-hetero) is 2. The number of alkyl carbamates (subject to hydrolysis) is 1. The Kier molecular flexibility index (Phi) is 18.4. The molecule has 2 aliphatic heterocycles. The van der Waals surface area contributed by atoms with Crippen LogP contribution >= 0.6 is 0 Å². The molecule has 4 aliphatic rings. The first kappa shape index (κ1) is 64.0. The minimum absolute atomic E-state index is 0.00360. The number of aliphatic hydroxyl groups is 1. The highest BCUT2D eigenvalue weighted by Gasteiger charge is 2.46. The number of benzene rings is 4. The number of hydrogen-bond acceptors (Lipinski definition) is 15. The van der Waals surface area contributed by atoms with E-state index in [0.717, 1.165) is 22.3 Å². The number of amides is 4. The molecular formula is C69H75FN6O14. The van der Waals surface area contributed by atoms with Gasteiger partial charge in [-0.15, -0.1) is 0 Å². The summed E-state index contributed by atoms with van der Waals surface area (Å²) in [5.74, 6) is -6.70. The zero-order chi connectivity index (χ0) is 64.6. The van der Waals surface area contributed by atoms with Gasteiger partial charge in [0.2, 0.25) is 17.7 Å². The third kappa shape index (κ3) is 13.6. The van der Waals surface area contributed by atoms with Gasteiger partial charge in [0.25, 0.3) is 5.56 Å². The zero-order valence-corrected chi connectivity index (χ0v) is 51.8. The predicted octanol–water partition coefficient (Wildman–Crippen LogP) is 7.85. The van der Waals surface area contributed by atoms with Crippen LogP contribution in [0.3, 0.4) is 0 Å². The van der Waals surface area contributed by atoms with Crippen molar-refractivity contribution in [2.75, 3.05) is 19.8 Å². The summed E-state index contributed by atoms with van der Waals surface area (Å²) in [6, 6.07) is 23.9. The van der Waals surface area contributed by atoms with Crippen LogP contribution in [0.4, 0.5) is 9.18 Å². The summed E-state index contributed by atoms with van der Waals surface area (Å²) in [7, 11) is 0. The van der Waals surface area contributed by atoms with Crippen molar-refractivity contribution in [3.8, 4) is 22.5 Å². The van der Waals surface area contributed by atoms with Gasteiger partial charge in [-0.3, -0.25) is 33.6 Å². The SMILES string of the molecule is CC[C@@]1(O)C(=O)OCc2c1cc1n(c2=O)Cc2c-1nc1cc(F)c(C)c3c1c2[C@@H](NC(=O)[C@H](COC(C)(C)C)NC(=O)[C@@H](CC(=O)CNC(=O)CCC(=O)[C@H](CC(=O)OC(C)(C)C)NC(=O)OCC1c2ccccc2-c2ccccc21)Cc1ccccc1)CC3. The van der Waals surface area contributed by atoms with E-state index in [4.69, 9.17) is 23.9 Å². The minimum Gasteiger partial charge on any atom is -0.460 e. The lowest BCUT2D eigenvalue weighted by molar-refractivity contribution is -0.172. The van der Waals surface area contributed by atoms with E-state index < -0.39 is 125 Å². The first-order valence-electron chi connectivity index (χ1n) is 30.5. The Morgan fingerprint density at radius 2 is 1.50 bits per heavy atom. The molecular weight excluding hydrogens is 1160 g/mol. The largest absolute Gasteiger partial charge is 0.460 e. The predicted molar refractivity (Wildman–Crippen MR) is 329 cm³/mol. The van der Waals surface area contributed by atoms with Crippen molar-refractivity contribution >= 4 is 58.2 Å². The maximum absolute atomic E-state index is 15.8. The van der Waals surface area contributed by atoms with Crippen molar-refractivity contribution in [3.63, 3.8) is 0 Å². The molecule has 20 nitrogen and oxygen atoms in total. The van der Waals surface area contributed by atoms with Gasteiger partial charge < -0.3 is 49.9 Å². The minimum atomic E-state index is -2.10. The lowest BCUT2D eigenvalue weighted by Crippen LogP contribution is -2.53. The summed E-state index contributed by atoms with van der Waals surface area (Å²) < 4.78 is 39.8. The second-order valence-corrected chi connectivity index (χ2v) is 25.6. The molecule has 21 heteroatoms. The molecule has 0 radical (unpaired) electrons. The fraction of sp³-hybridized carbons (Fsp3) is 0.420. The number of pyridine rings is 2. The number of rotatable bonds is 22. The molecule has 4 amide bonds. The number of esters is 2. The van der Waals surface area contributed by atoms with E-state index in [1.165, 1.54) is 10.6 Å². The number of nitrogens with zero attached hydrogens (tertiary/aromatic N) is 2. The Morgan fingerprint density at radius 3 is 2.17 bits per heavy atom. The standard InChI is InChI=1S/C69H75FN6O14/c1-9-69(86)49-29-55-61-46(33-76(55)64(83)48(49)35-87-65(69)84)60-51(24-23-41-37(2)50(70)30-53(72-61)59(41)60)73-63(82)54(36-89-67(3,4)5)74-62(81)39(27-38-17-11-10-12-18-38)28-40(77)32-71-57(79)26-25-56(78)52(31-58(80)90-68(6,7)8)75-66(85)88-34-47-44-21-15-13-19-42(44)43-20-14-16-22-45(43)47/h10-22,29-30,39,47,51-52,54,86H,9,23-28,31-36H2,1-8H3,(H,71,79)(H,73,82)(H,74,81)(H,75,85)/t39-,51+,52+,54+,69+/m1/s1. The fourth-order valence-corrected chi connectivity index (χ4v) is 12.6. The highest BCUT2D eigenvalue weighted by Crippen LogP contribution is 2.47. The molecule has 0 unspecified atom stereocenters. The van der Waals surface area contributed by atoms with Crippen molar-refractivity contribution < 1.29 is 66.8 Å². The van der Waals surface area contributed by atoms with Gasteiger partial charge in [0.05, 0.1) is 60.2 Å². The van der Waals surface area contributed by atoms with Crippen molar-refractivity contribution in [2.24, 2.45) is 5.92 Å². The normalized spacial score (nSPS) is 17.3. The Balaban J connectivity index is 0.822. The topological polar surface area (TPSA) is 277 Å². The van der Waals surface area contributed by atoms with Crippen molar-refractivity contribution in [3.05, 3.63) is 157 Å². The highest BCUT2D eigenvalue weighted by atomic mass is 19.1. The van der Waals surface area contributed by atoms with E-state index in [-0.39, 0.29) is 74.6 Å². The van der Waals surface area contributed by atoms with Gasteiger partial charge >= 0.3 is 18.0 Å². The van der Waals surface area contributed by atoms with Gasteiger partial charge in [-0.2, -0.15) is 0 Å². The van der Waals surface area contributed by atoms with E-state index in [2.05, 4.69) is 21.3 Å². The smallest absolute Gasteiger partial charge is 0.407 e.